The minimum absolute atomic E-state index is 0.0856. The van der Waals surface area contributed by atoms with Crippen LogP contribution in [0.1, 0.15) is 29.8 Å². The van der Waals surface area contributed by atoms with Gasteiger partial charge >= 0.3 is 5.97 Å². The van der Waals surface area contributed by atoms with Crippen LogP contribution in [0.15, 0.2) is 18.5 Å². The van der Waals surface area contributed by atoms with E-state index in [9.17, 15) is 9.90 Å². The van der Waals surface area contributed by atoms with Crippen molar-refractivity contribution in [3.05, 3.63) is 29.6 Å². The highest BCUT2D eigenvalue weighted by molar-refractivity contribution is 5.89. The first kappa shape index (κ1) is 9.67. The summed E-state index contributed by atoms with van der Waals surface area (Å²) in [6.45, 7) is 3.05. The average molecular weight is 181 g/mol. The third kappa shape index (κ3) is 2.03. The molecule has 13 heavy (non-hydrogen) atoms. The Morgan fingerprint density at radius 1 is 1.54 bits per heavy atom. The van der Waals surface area contributed by atoms with Crippen molar-refractivity contribution in [2.75, 3.05) is 0 Å². The fourth-order valence-corrected chi connectivity index (χ4v) is 1.07. The Balaban J connectivity index is 3.28. The Kier molecular flexibility index (Phi) is 2.34. The van der Waals surface area contributed by atoms with Crippen molar-refractivity contribution in [1.82, 2.24) is 4.98 Å². The maximum Gasteiger partial charge on any atom is 0.336 e. The predicted octanol–water partition coefficient (Wildman–Crippen LogP) is 1.01. The van der Waals surface area contributed by atoms with Gasteiger partial charge in [-0.05, 0) is 19.9 Å². The molecule has 1 rings (SSSR count). The first-order chi connectivity index (χ1) is 5.93. The predicted molar refractivity (Wildman–Crippen MR) is 46.4 cm³/mol. The Morgan fingerprint density at radius 2 is 2.15 bits per heavy atom. The Bertz CT molecular complexity index is 328. The fraction of sp³-hybridized carbons (Fsp3) is 0.333. The highest BCUT2D eigenvalue weighted by atomic mass is 16.4. The van der Waals surface area contributed by atoms with E-state index in [4.69, 9.17) is 5.11 Å². The minimum Gasteiger partial charge on any atom is -0.478 e. The summed E-state index contributed by atoms with van der Waals surface area (Å²) in [7, 11) is 0. The molecule has 0 amide bonds. The van der Waals surface area contributed by atoms with Gasteiger partial charge in [-0.2, -0.15) is 0 Å². The van der Waals surface area contributed by atoms with Crippen LogP contribution in [0.3, 0.4) is 0 Å². The molecule has 0 aliphatic heterocycles. The smallest absolute Gasteiger partial charge is 0.336 e. The maximum atomic E-state index is 10.7. The first-order valence-electron chi connectivity index (χ1n) is 3.83. The van der Waals surface area contributed by atoms with Crippen LogP contribution in [0.25, 0.3) is 0 Å². The second-order valence-electron chi connectivity index (χ2n) is 3.29. The largest absolute Gasteiger partial charge is 0.478 e. The van der Waals surface area contributed by atoms with Gasteiger partial charge in [0.25, 0.3) is 0 Å². The molecule has 70 valence electrons. The molecule has 0 bridgehead atoms. The molecule has 4 heteroatoms. The summed E-state index contributed by atoms with van der Waals surface area (Å²) in [5, 5.41) is 18.4. The lowest BCUT2D eigenvalue weighted by Crippen LogP contribution is -2.20. The number of hydrogen-bond acceptors (Lipinski definition) is 3. The van der Waals surface area contributed by atoms with E-state index in [1.165, 1.54) is 32.3 Å². The summed E-state index contributed by atoms with van der Waals surface area (Å²) >= 11 is 0. The van der Waals surface area contributed by atoms with E-state index in [1.807, 2.05) is 0 Å². The first-order valence-corrected chi connectivity index (χ1v) is 3.83. The summed E-state index contributed by atoms with van der Waals surface area (Å²) in [5.74, 6) is -1.06. The van der Waals surface area contributed by atoms with E-state index in [1.54, 1.807) is 0 Å². The standard InChI is InChI=1S/C9H11NO3/c1-9(2,13)7-5-10-4-3-6(7)8(11)12/h3-5,13H,1-2H3,(H,11,12). The molecule has 0 saturated heterocycles. The lowest BCUT2D eigenvalue weighted by atomic mass is 9.95. The summed E-state index contributed by atoms with van der Waals surface area (Å²) in [6.07, 6.45) is 2.75. The fourth-order valence-electron chi connectivity index (χ4n) is 1.07. The molecule has 1 aromatic rings. The zero-order valence-electron chi connectivity index (χ0n) is 7.48. The number of hydrogen-bond donors (Lipinski definition) is 2. The van der Waals surface area contributed by atoms with Crippen molar-refractivity contribution < 1.29 is 15.0 Å². The molecule has 0 aliphatic rings. The van der Waals surface area contributed by atoms with E-state index < -0.39 is 11.6 Å². The van der Waals surface area contributed by atoms with Gasteiger partial charge in [-0.3, -0.25) is 4.98 Å². The van der Waals surface area contributed by atoms with Gasteiger partial charge in [-0.25, -0.2) is 4.79 Å². The molecule has 2 N–H and O–H groups in total. The van der Waals surface area contributed by atoms with E-state index in [-0.39, 0.29) is 5.56 Å². The highest BCUT2D eigenvalue weighted by Gasteiger charge is 2.22. The van der Waals surface area contributed by atoms with Crippen LogP contribution in [0.5, 0.6) is 0 Å². The molecular weight excluding hydrogens is 170 g/mol. The Hall–Kier alpha value is -1.42. The van der Waals surface area contributed by atoms with Crippen molar-refractivity contribution in [3.63, 3.8) is 0 Å². The molecule has 0 atom stereocenters. The number of aromatic carboxylic acids is 1. The van der Waals surface area contributed by atoms with Gasteiger partial charge < -0.3 is 10.2 Å². The molecule has 0 fully saturated rings. The highest BCUT2D eigenvalue weighted by Crippen LogP contribution is 2.22. The number of nitrogens with zero attached hydrogens (tertiary/aromatic N) is 1. The van der Waals surface area contributed by atoms with Crippen molar-refractivity contribution in [2.24, 2.45) is 0 Å². The lowest BCUT2D eigenvalue weighted by Gasteiger charge is -2.18. The van der Waals surface area contributed by atoms with Crippen LogP contribution in [0, 0.1) is 0 Å². The number of aromatic nitrogens is 1. The number of pyridine rings is 1. The molecule has 1 heterocycles. The van der Waals surface area contributed by atoms with Crippen LogP contribution in [0.4, 0.5) is 0 Å². The second-order valence-corrected chi connectivity index (χ2v) is 3.29. The molecule has 0 aliphatic carbocycles. The lowest BCUT2D eigenvalue weighted by molar-refractivity contribution is 0.0628. The van der Waals surface area contributed by atoms with Crippen molar-refractivity contribution >= 4 is 5.97 Å². The number of carboxylic acids is 1. The summed E-state index contributed by atoms with van der Waals surface area (Å²) in [5.41, 5.74) is -0.771. The van der Waals surface area contributed by atoms with Gasteiger partial charge in [0.15, 0.2) is 0 Å². The van der Waals surface area contributed by atoms with E-state index in [0.717, 1.165) is 0 Å². The molecule has 0 spiro atoms. The van der Waals surface area contributed by atoms with E-state index in [2.05, 4.69) is 4.98 Å². The maximum absolute atomic E-state index is 10.7. The van der Waals surface area contributed by atoms with Crippen LogP contribution in [0.2, 0.25) is 0 Å². The zero-order valence-corrected chi connectivity index (χ0v) is 7.48. The van der Waals surface area contributed by atoms with Gasteiger partial charge in [0.2, 0.25) is 0 Å². The monoisotopic (exact) mass is 181 g/mol. The number of carbonyl (C=O) groups is 1. The SMILES string of the molecule is CC(C)(O)c1cnccc1C(=O)O. The molecular formula is C9H11NO3. The third-order valence-electron chi connectivity index (χ3n) is 1.71. The van der Waals surface area contributed by atoms with Crippen molar-refractivity contribution in [3.8, 4) is 0 Å². The van der Waals surface area contributed by atoms with Crippen LogP contribution in [-0.4, -0.2) is 21.2 Å². The molecule has 0 saturated carbocycles. The molecule has 0 radical (unpaired) electrons. The third-order valence-corrected chi connectivity index (χ3v) is 1.71. The van der Waals surface area contributed by atoms with Crippen molar-refractivity contribution in [2.45, 2.75) is 19.4 Å². The number of carboxylic acid groups (broad SMARTS) is 1. The molecule has 0 aromatic carbocycles. The average Bonchev–Trinajstić information content (AvgIpc) is 2.03. The van der Waals surface area contributed by atoms with Crippen LogP contribution >= 0.6 is 0 Å². The number of rotatable bonds is 2. The van der Waals surface area contributed by atoms with Crippen molar-refractivity contribution in [1.29, 1.82) is 0 Å². The molecule has 0 unspecified atom stereocenters. The van der Waals surface area contributed by atoms with Crippen LogP contribution in [-0.2, 0) is 5.60 Å². The molecule has 4 nitrogen and oxygen atoms in total. The minimum atomic E-state index is -1.18. The van der Waals surface area contributed by atoms with E-state index >= 15 is 0 Å². The topological polar surface area (TPSA) is 70.4 Å². The second kappa shape index (κ2) is 3.14. The molecule has 1 aromatic heterocycles. The summed E-state index contributed by atoms with van der Waals surface area (Å²) in [4.78, 5) is 14.5. The van der Waals surface area contributed by atoms with Gasteiger partial charge in [0.1, 0.15) is 0 Å². The van der Waals surface area contributed by atoms with Gasteiger partial charge in [-0.1, -0.05) is 0 Å². The summed E-state index contributed by atoms with van der Waals surface area (Å²) in [6, 6.07) is 1.37. The van der Waals surface area contributed by atoms with E-state index in [0.29, 0.717) is 5.56 Å². The van der Waals surface area contributed by atoms with Crippen LogP contribution < -0.4 is 0 Å². The Morgan fingerprint density at radius 3 is 2.54 bits per heavy atom. The van der Waals surface area contributed by atoms with Gasteiger partial charge in [-0.15, -0.1) is 0 Å². The normalized spacial score (nSPS) is 11.3. The van der Waals surface area contributed by atoms with Gasteiger partial charge in [0.05, 0.1) is 11.2 Å². The quantitative estimate of drug-likeness (QED) is 0.714. The zero-order chi connectivity index (χ0) is 10.1. The van der Waals surface area contributed by atoms with Gasteiger partial charge in [0, 0.05) is 18.0 Å². The summed E-state index contributed by atoms with van der Waals surface area (Å²) < 4.78 is 0. The number of aliphatic hydroxyl groups is 1. The Labute approximate surface area is 75.9 Å².